The average molecular weight is 950 g/mol. The summed E-state index contributed by atoms with van der Waals surface area (Å²) in [6.07, 6.45) is -0.364. The molecule has 1 aliphatic heterocycles. The standard InChI is InChI=1S/C45H55N7O14S/c1-43(2,3)64-39(56)45(7,8)66-51-36(32-25-67-40(48-32)50-42(58)65-44(4,5)6)38(55)49-35-31(47-37(35)54)20-46-41(57)62-24-28-19-33(53)34(61-22-26-11-15-29(59-9)16-12-26)21-52(28)63-23-27-13-17-30(60-10)18-14-27/h11-19,21,25,31,35H,20,22-24H2,1-10H3,(H,46,57)(H,47,54)(H,49,55)(H,48,50,58)/b51-36-/t31-,35+/m1/s1. The Bertz CT molecular complexity index is 2490. The lowest BCUT2D eigenvalue weighted by Crippen LogP contribution is -2.72. The van der Waals surface area contributed by atoms with Crippen LogP contribution in [0.1, 0.15) is 77.9 Å². The number of esters is 1. The minimum absolute atomic E-state index is 0.0215. The Morgan fingerprint density at radius 2 is 1.43 bits per heavy atom. The van der Waals surface area contributed by atoms with E-state index in [9.17, 15) is 28.8 Å². The molecule has 0 unspecified atom stereocenters. The van der Waals surface area contributed by atoms with Gasteiger partial charge in [0.2, 0.25) is 16.9 Å². The minimum atomic E-state index is -1.68. The van der Waals surface area contributed by atoms with Crippen LogP contribution in [0.4, 0.5) is 14.7 Å². The van der Waals surface area contributed by atoms with E-state index in [1.165, 1.54) is 36.2 Å². The van der Waals surface area contributed by atoms with Gasteiger partial charge in [0.05, 0.1) is 32.2 Å². The number of aromatic nitrogens is 2. The number of anilines is 1. The Morgan fingerprint density at radius 3 is 2.01 bits per heavy atom. The van der Waals surface area contributed by atoms with Crippen molar-refractivity contribution in [3.8, 4) is 17.2 Å². The van der Waals surface area contributed by atoms with Gasteiger partial charge in [-0.05, 0) is 90.8 Å². The molecule has 67 heavy (non-hydrogen) atoms. The van der Waals surface area contributed by atoms with Crippen molar-refractivity contribution in [2.75, 3.05) is 26.1 Å². The highest BCUT2D eigenvalue weighted by atomic mass is 32.1. The van der Waals surface area contributed by atoms with Gasteiger partial charge in [0.15, 0.2) is 16.6 Å². The summed E-state index contributed by atoms with van der Waals surface area (Å²) < 4.78 is 33.7. The molecule has 5 rings (SSSR count). The summed E-state index contributed by atoms with van der Waals surface area (Å²) in [7, 11) is 3.11. The molecule has 2 atom stereocenters. The number of hydrogen-bond acceptors (Lipinski definition) is 17. The van der Waals surface area contributed by atoms with Gasteiger partial charge in [-0.1, -0.05) is 29.4 Å². The number of hydrogen-bond donors (Lipinski definition) is 4. The number of carbonyl (C=O) groups is 5. The smallest absolute Gasteiger partial charge is 0.413 e. The first-order valence-corrected chi connectivity index (χ1v) is 21.7. The molecule has 0 saturated carbocycles. The van der Waals surface area contributed by atoms with E-state index in [0.29, 0.717) is 11.5 Å². The van der Waals surface area contributed by atoms with Gasteiger partial charge in [0.25, 0.3) is 5.91 Å². The van der Waals surface area contributed by atoms with Crippen molar-refractivity contribution in [1.29, 1.82) is 0 Å². The SMILES string of the molecule is COc1ccc(COc2cn(OCc3ccc(OC)cc3)c(COC(=O)NC[C@H]3NC(=O)[C@H]3NC(=O)/C(=N\OC(C)(C)C(=O)OC(C)(C)C)c3csc(NC(=O)OC(C)(C)C)n3)cc2=O)cc1. The summed E-state index contributed by atoms with van der Waals surface area (Å²) in [5.74, 6) is -1.00. The van der Waals surface area contributed by atoms with Gasteiger partial charge in [0.1, 0.15) is 54.3 Å². The molecule has 1 aliphatic rings. The number of rotatable bonds is 19. The maximum absolute atomic E-state index is 13.8. The van der Waals surface area contributed by atoms with Gasteiger partial charge in [-0.2, -0.15) is 4.73 Å². The molecule has 1 fully saturated rings. The number of carbonyl (C=O) groups excluding carboxylic acids is 5. The lowest BCUT2D eigenvalue weighted by molar-refractivity contribution is -0.179. The highest BCUT2D eigenvalue weighted by Gasteiger charge is 2.42. The Morgan fingerprint density at radius 1 is 0.821 bits per heavy atom. The molecule has 21 nitrogen and oxygen atoms in total. The second-order valence-electron chi connectivity index (χ2n) is 17.3. The number of ether oxygens (including phenoxy) is 6. The van der Waals surface area contributed by atoms with Gasteiger partial charge in [-0.3, -0.25) is 19.7 Å². The maximum atomic E-state index is 13.8. The number of benzene rings is 2. The fourth-order valence-electron chi connectivity index (χ4n) is 5.63. The van der Waals surface area contributed by atoms with E-state index in [0.717, 1.165) is 22.5 Å². The van der Waals surface area contributed by atoms with Crippen LogP contribution in [0.15, 0.2) is 76.1 Å². The molecule has 0 bridgehead atoms. The molecule has 0 radical (unpaired) electrons. The molecule has 3 heterocycles. The Labute approximate surface area is 390 Å². The van der Waals surface area contributed by atoms with Crippen LogP contribution in [-0.2, 0) is 53.3 Å². The van der Waals surface area contributed by atoms with Crippen molar-refractivity contribution in [3.63, 3.8) is 0 Å². The summed E-state index contributed by atoms with van der Waals surface area (Å²) in [4.78, 5) is 94.0. The Hall–Kier alpha value is -7.36. The molecule has 4 N–H and O–H groups in total. The molecule has 4 aromatic rings. The van der Waals surface area contributed by atoms with Gasteiger partial charge in [-0.15, -0.1) is 11.3 Å². The maximum Gasteiger partial charge on any atom is 0.413 e. The first-order valence-electron chi connectivity index (χ1n) is 20.8. The zero-order chi connectivity index (χ0) is 49.1. The third-order valence-electron chi connectivity index (χ3n) is 9.08. The molecular weight excluding hydrogens is 895 g/mol. The molecule has 22 heteroatoms. The lowest BCUT2D eigenvalue weighted by atomic mass is 9.98. The third kappa shape index (κ3) is 15.1. The van der Waals surface area contributed by atoms with Crippen LogP contribution < -0.4 is 45.7 Å². The quantitative estimate of drug-likeness (QED) is 0.0329. The lowest BCUT2D eigenvalue weighted by Gasteiger charge is -2.37. The van der Waals surface area contributed by atoms with Crippen LogP contribution in [0.25, 0.3) is 0 Å². The number of nitrogens with one attached hydrogen (secondary N) is 4. The summed E-state index contributed by atoms with van der Waals surface area (Å²) in [5, 5.41) is 15.6. The highest BCUT2D eigenvalue weighted by molar-refractivity contribution is 7.14. The molecule has 360 valence electrons. The highest BCUT2D eigenvalue weighted by Crippen LogP contribution is 2.22. The zero-order valence-electron chi connectivity index (χ0n) is 38.8. The van der Waals surface area contributed by atoms with Crippen LogP contribution >= 0.6 is 11.3 Å². The first-order chi connectivity index (χ1) is 31.5. The van der Waals surface area contributed by atoms with Crippen molar-refractivity contribution in [3.05, 3.63) is 98.9 Å². The van der Waals surface area contributed by atoms with Crippen LogP contribution in [0.5, 0.6) is 17.2 Å². The van der Waals surface area contributed by atoms with Gasteiger partial charge in [-0.25, -0.2) is 19.4 Å². The predicted octanol–water partition coefficient (Wildman–Crippen LogP) is 4.63. The van der Waals surface area contributed by atoms with Crippen LogP contribution in [-0.4, -0.2) is 95.0 Å². The zero-order valence-corrected chi connectivity index (χ0v) is 39.6. The van der Waals surface area contributed by atoms with Crippen LogP contribution in [0.2, 0.25) is 0 Å². The Kier molecular flexibility index (Phi) is 16.4. The topological polar surface area (TPSA) is 255 Å². The molecule has 1 saturated heterocycles. The second kappa shape index (κ2) is 21.8. The fraction of sp³-hybridized carbons (Fsp3) is 0.422. The monoisotopic (exact) mass is 949 g/mol. The van der Waals surface area contributed by atoms with E-state index in [4.69, 9.17) is 38.1 Å². The third-order valence-corrected chi connectivity index (χ3v) is 9.84. The molecule has 0 aliphatic carbocycles. The predicted molar refractivity (Wildman–Crippen MR) is 243 cm³/mol. The summed E-state index contributed by atoms with van der Waals surface area (Å²) in [6.45, 7) is 12.4. The molecule has 2 aromatic heterocycles. The van der Waals surface area contributed by atoms with Crippen molar-refractivity contribution in [2.45, 2.75) is 104 Å². The fourth-order valence-corrected chi connectivity index (χ4v) is 6.31. The van der Waals surface area contributed by atoms with Gasteiger partial charge in [0, 0.05) is 18.0 Å². The Balaban J connectivity index is 1.25. The van der Waals surface area contributed by atoms with Crippen molar-refractivity contribution >= 4 is 52.2 Å². The number of alkyl carbamates (subject to hydrolysis) is 1. The van der Waals surface area contributed by atoms with E-state index < -0.39 is 76.6 Å². The van der Waals surface area contributed by atoms with E-state index in [1.807, 2.05) is 0 Å². The van der Waals surface area contributed by atoms with E-state index >= 15 is 0 Å². The van der Waals surface area contributed by atoms with Crippen molar-refractivity contribution < 1.29 is 62.1 Å². The van der Waals surface area contributed by atoms with Crippen LogP contribution in [0, 0.1) is 0 Å². The summed E-state index contributed by atoms with van der Waals surface area (Å²) in [5.41, 5.74) is -2.64. The molecule has 0 spiro atoms. The second-order valence-corrected chi connectivity index (χ2v) is 18.2. The largest absolute Gasteiger partial charge is 0.497 e. The average Bonchev–Trinajstić information content (AvgIpc) is 3.71. The van der Waals surface area contributed by atoms with Crippen LogP contribution in [0.3, 0.4) is 0 Å². The number of nitrogens with zero attached hydrogens (tertiary/aromatic N) is 3. The number of pyridine rings is 1. The number of thiazole rings is 1. The van der Waals surface area contributed by atoms with Crippen molar-refractivity contribution in [2.24, 2.45) is 5.16 Å². The minimum Gasteiger partial charge on any atom is -0.497 e. The molecule has 4 amide bonds. The normalized spacial score (nSPS) is 14.9. The number of oxime groups is 1. The van der Waals surface area contributed by atoms with E-state index in [-0.39, 0.29) is 42.0 Å². The number of β-lactam (4-membered cyclic amide) rings is 1. The van der Waals surface area contributed by atoms with Crippen molar-refractivity contribution in [1.82, 2.24) is 25.7 Å². The summed E-state index contributed by atoms with van der Waals surface area (Å²) >= 11 is 0.946. The molecule has 2 aromatic carbocycles. The van der Waals surface area contributed by atoms with E-state index in [2.05, 4.69) is 31.4 Å². The number of methoxy groups -OCH3 is 2. The molecular formula is C45H55N7O14S. The van der Waals surface area contributed by atoms with E-state index in [1.54, 1.807) is 104 Å². The summed E-state index contributed by atoms with van der Waals surface area (Å²) in [6, 6.07) is 13.5. The van der Waals surface area contributed by atoms with Gasteiger partial charge < -0.3 is 54.0 Å². The number of amides is 4. The first kappa shape index (κ1) is 50.6. The van der Waals surface area contributed by atoms with Gasteiger partial charge >= 0.3 is 18.2 Å².